The summed E-state index contributed by atoms with van der Waals surface area (Å²) in [5.74, 6) is 1.66. The van der Waals surface area contributed by atoms with E-state index in [2.05, 4.69) is 10.1 Å². The van der Waals surface area contributed by atoms with Crippen molar-refractivity contribution in [2.45, 2.75) is 58.3 Å². The minimum Gasteiger partial charge on any atom is -0.364 e. The molecule has 0 unspecified atom stereocenters. The van der Waals surface area contributed by atoms with E-state index in [9.17, 15) is 4.79 Å². The smallest absolute Gasteiger partial charge is 0.251 e. The Kier molecular flexibility index (Phi) is 4.35. The molecule has 6 nitrogen and oxygen atoms in total. The number of likely N-dealkylation sites (tertiary alicyclic amines) is 2. The van der Waals surface area contributed by atoms with Crippen LogP contribution in [0.4, 0.5) is 0 Å². The first-order chi connectivity index (χ1) is 11.6. The number of carbonyl (C=O) groups excluding carboxylic acids is 1. The summed E-state index contributed by atoms with van der Waals surface area (Å²) >= 11 is 0. The number of hydrogen-bond donors (Lipinski definition) is 0. The minimum atomic E-state index is -0.211. The van der Waals surface area contributed by atoms with Crippen molar-refractivity contribution in [2.75, 3.05) is 26.2 Å². The van der Waals surface area contributed by atoms with Gasteiger partial charge in [0, 0.05) is 31.7 Å². The SMILES string of the molecule is Cc1noc(C)c1CN1CC[C@H]2C[C@@H](C(=O)N3CCCC3)O[C@H]2C1. The second-order valence-electron chi connectivity index (χ2n) is 7.52. The summed E-state index contributed by atoms with van der Waals surface area (Å²) in [6.45, 7) is 8.60. The molecule has 0 N–H and O–H groups in total. The Morgan fingerprint density at radius 1 is 1.25 bits per heavy atom. The van der Waals surface area contributed by atoms with Gasteiger partial charge in [0.25, 0.3) is 5.91 Å². The number of fused-ring (bicyclic) bond motifs is 1. The van der Waals surface area contributed by atoms with Crippen molar-refractivity contribution in [3.8, 4) is 0 Å². The summed E-state index contributed by atoms with van der Waals surface area (Å²) < 4.78 is 11.4. The molecule has 1 aromatic rings. The topological polar surface area (TPSA) is 58.8 Å². The second-order valence-corrected chi connectivity index (χ2v) is 7.52. The summed E-state index contributed by atoms with van der Waals surface area (Å²) in [4.78, 5) is 17.0. The largest absolute Gasteiger partial charge is 0.364 e. The van der Waals surface area contributed by atoms with Gasteiger partial charge in [-0.1, -0.05) is 5.16 Å². The van der Waals surface area contributed by atoms with Crippen molar-refractivity contribution in [2.24, 2.45) is 5.92 Å². The van der Waals surface area contributed by atoms with Crippen LogP contribution in [0.2, 0.25) is 0 Å². The predicted molar refractivity (Wildman–Crippen MR) is 88.5 cm³/mol. The lowest BCUT2D eigenvalue weighted by molar-refractivity contribution is -0.142. The van der Waals surface area contributed by atoms with E-state index in [1.165, 1.54) is 5.56 Å². The normalized spacial score (nSPS) is 30.8. The molecule has 1 aromatic heterocycles. The van der Waals surface area contributed by atoms with Gasteiger partial charge < -0.3 is 14.2 Å². The lowest BCUT2D eigenvalue weighted by Crippen LogP contribution is -2.42. The van der Waals surface area contributed by atoms with Crippen LogP contribution >= 0.6 is 0 Å². The van der Waals surface area contributed by atoms with Gasteiger partial charge in [0.15, 0.2) is 0 Å². The van der Waals surface area contributed by atoms with E-state index < -0.39 is 0 Å². The highest BCUT2D eigenvalue weighted by atomic mass is 16.5. The Morgan fingerprint density at radius 3 is 2.75 bits per heavy atom. The molecular weight excluding hydrogens is 306 g/mol. The minimum absolute atomic E-state index is 0.191. The fourth-order valence-electron chi connectivity index (χ4n) is 4.39. The van der Waals surface area contributed by atoms with Gasteiger partial charge in [-0.2, -0.15) is 0 Å². The van der Waals surface area contributed by atoms with Crippen molar-refractivity contribution in [3.63, 3.8) is 0 Å². The summed E-state index contributed by atoms with van der Waals surface area (Å²) in [5.41, 5.74) is 2.17. The zero-order chi connectivity index (χ0) is 16.7. The Morgan fingerprint density at radius 2 is 2.04 bits per heavy atom. The van der Waals surface area contributed by atoms with Crippen LogP contribution in [0.25, 0.3) is 0 Å². The van der Waals surface area contributed by atoms with Crippen LogP contribution in [0.1, 0.15) is 42.7 Å². The van der Waals surface area contributed by atoms with Gasteiger partial charge in [-0.3, -0.25) is 9.69 Å². The lowest BCUT2D eigenvalue weighted by Gasteiger charge is -2.33. The molecule has 4 rings (SSSR count). The third-order valence-electron chi connectivity index (χ3n) is 5.89. The van der Waals surface area contributed by atoms with Gasteiger partial charge in [-0.15, -0.1) is 0 Å². The van der Waals surface area contributed by atoms with Crippen molar-refractivity contribution >= 4 is 5.91 Å². The maximum atomic E-state index is 12.6. The number of rotatable bonds is 3. The summed E-state index contributed by atoms with van der Waals surface area (Å²) in [6.07, 6.45) is 4.26. The van der Waals surface area contributed by atoms with Crippen molar-refractivity contribution in [3.05, 3.63) is 17.0 Å². The zero-order valence-electron chi connectivity index (χ0n) is 14.7. The van der Waals surface area contributed by atoms with E-state index in [0.29, 0.717) is 5.92 Å². The molecule has 3 aliphatic rings. The molecule has 6 heteroatoms. The zero-order valence-corrected chi connectivity index (χ0v) is 14.7. The molecule has 0 aliphatic carbocycles. The first-order valence-corrected chi connectivity index (χ1v) is 9.20. The molecule has 3 saturated heterocycles. The fourth-order valence-corrected chi connectivity index (χ4v) is 4.39. The van der Waals surface area contributed by atoms with E-state index >= 15 is 0 Å². The molecular formula is C18H27N3O3. The lowest BCUT2D eigenvalue weighted by atomic mass is 9.91. The number of piperidine rings is 1. The fraction of sp³-hybridized carbons (Fsp3) is 0.778. The maximum Gasteiger partial charge on any atom is 0.251 e. The van der Waals surface area contributed by atoms with Crippen LogP contribution in [0.3, 0.4) is 0 Å². The van der Waals surface area contributed by atoms with Crippen LogP contribution in [0.5, 0.6) is 0 Å². The second kappa shape index (κ2) is 6.48. The van der Waals surface area contributed by atoms with Crippen LogP contribution in [-0.4, -0.2) is 59.3 Å². The Hall–Kier alpha value is -1.40. The van der Waals surface area contributed by atoms with Gasteiger partial charge in [0.1, 0.15) is 11.9 Å². The highest BCUT2D eigenvalue weighted by Gasteiger charge is 2.43. The molecule has 132 valence electrons. The molecule has 3 atom stereocenters. The average molecular weight is 333 g/mol. The van der Waals surface area contributed by atoms with E-state index in [1.807, 2.05) is 18.7 Å². The number of nitrogens with zero attached hydrogens (tertiary/aromatic N) is 3. The third kappa shape index (κ3) is 2.97. The number of hydrogen-bond acceptors (Lipinski definition) is 5. The van der Waals surface area contributed by atoms with Crippen molar-refractivity contribution < 1.29 is 14.1 Å². The monoisotopic (exact) mass is 333 g/mol. The summed E-state index contributed by atoms with van der Waals surface area (Å²) in [7, 11) is 0. The first-order valence-electron chi connectivity index (χ1n) is 9.20. The number of aryl methyl sites for hydroxylation is 2. The average Bonchev–Trinajstić information content (AvgIpc) is 3.30. The van der Waals surface area contributed by atoms with Crippen molar-refractivity contribution in [1.29, 1.82) is 0 Å². The van der Waals surface area contributed by atoms with Gasteiger partial charge in [-0.05, 0) is 52.0 Å². The Labute approximate surface area is 143 Å². The molecule has 0 saturated carbocycles. The van der Waals surface area contributed by atoms with Crippen LogP contribution in [0.15, 0.2) is 4.52 Å². The molecule has 4 heterocycles. The molecule has 1 amide bonds. The third-order valence-corrected chi connectivity index (χ3v) is 5.89. The van der Waals surface area contributed by atoms with Gasteiger partial charge in [0.2, 0.25) is 0 Å². The van der Waals surface area contributed by atoms with E-state index in [1.54, 1.807) is 0 Å². The highest BCUT2D eigenvalue weighted by Crippen LogP contribution is 2.35. The Bertz CT molecular complexity index is 589. The quantitative estimate of drug-likeness (QED) is 0.845. The first kappa shape index (κ1) is 16.1. The highest BCUT2D eigenvalue weighted by molar-refractivity contribution is 5.81. The molecule has 0 bridgehead atoms. The number of ether oxygens (including phenoxy) is 1. The molecule has 3 fully saturated rings. The summed E-state index contributed by atoms with van der Waals surface area (Å²) in [5, 5.41) is 4.04. The van der Waals surface area contributed by atoms with Crippen LogP contribution in [-0.2, 0) is 16.1 Å². The number of aromatic nitrogens is 1. The van der Waals surface area contributed by atoms with Crippen molar-refractivity contribution in [1.82, 2.24) is 15.0 Å². The van der Waals surface area contributed by atoms with Gasteiger partial charge in [0.05, 0.1) is 11.8 Å². The molecule has 0 aromatic carbocycles. The molecule has 0 spiro atoms. The van der Waals surface area contributed by atoms with E-state index in [4.69, 9.17) is 9.26 Å². The summed E-state index contributed by atoms with van der Waals surface area (Å²) in [6, 6.07) is 0. The Balaban J connectivity index is 1.36. The standard InChI is InChI=1S/C18H27N3O3/c1-12-15(13(2)24-19-12)10-20-8-5-14-9-16(23-17(14)11-20)18(22)21-6-3-4-7-21/h14,16-17H,3-11H2,1-2H3/t14-,16-,17-/m0/s1. The van der Waals surface area contributed by atoms with Crippen LogP contribution in [0, 0.1) is 19.8 Å². The maximum absolute atomic E-state index is 12.6. The van der Waals surface area contributed by atoms with Gasteiger partial charge >= 0.3 is 0 Å². The predicted octanol–water partition coefficient (Wildman–Crippen LogP) is 1.89. The van der Waals surface area contributed by atoms with Crippen LogP contribution < -0.4 is 0 Å². The molecule has 3 aliphatic heterocycles. The molecule has 0 radical (unpaired) electrons. The van der Waals surface area contributed by atoms with E-state index in [-0.39, 0.29) is 18.1 Å². The van der Waals surface area contributed by atoms with Gasteiger partial charge in [-0.25, -0.2) is 0 Å². The number of amides is 1. The number of carbonyl (C=O) groups is 1. The van der Waals surface area contributed by atoms with E-state index in [0.717, 1.165) is 69.9 Å². The molecule has 24 heavy (non-hydrogen) atoms.